The van der Waals surface area contributed by atoms with Crippen molar-refractivity contribution in [2.24, 2.45) is 0 Å². The summed E-state index contributed by atoms with van der Waals surface area (Å²) in [6.07, 6.45) is -0.174. The van der Waals surface area contributed by atoms with Crippen molar-refractivity contribution in [3.05, 3.63) is 35.9 Å². The molecule has 1 aliphatic heterocycles. The Balaban J connectivity index is 2.16. The van der Waals surface area contributed by atoms with Crippen molar-refractivity contribution in [2.45, 2.75) is 6.10 Å². The molecule has 0 aliphatic carbocycles. The second kappa shape index (κ2) is 3.35. The quantitative estimate of drug-likeness (QED) is 0.661. The Hall–Kier alpha value is -0.710. The van der Waals surface area contributed by atoms with Gasteiger partial charge in [-0.3, -0.25) is 8.37 Å². The number of hydrogen-bond acceptors (Lipinski definition) is 3. The van der Waals surface area contributed by atoms with Crippen LogP contribution in [0.1, 0.15) is 11.7 Å². The average molecular weight is 184 g/mol. The van der Waals surface area contributed by atoms with Gasteiger partial charge < -0.3 is 0 Å². The lowest BCUT2D eigenvalue weighted by molar-refractivity contribution is 0.246. The van der Waals surface area contributed by atoms with Crippen molar-refractivity contribution in [1.29, 1.82) is 0 Å². The van der Waals surface area contributed by atoms with Gasteiger partial charge in [0, 0.05) is 0 Å². The van der Waals surface area contributed by atoms with Crippen molar-refractivity contribution in [3.63, 3.8) is 0 Å². The molecule has 12 heavy (non-hydrogen) atoms. The Bertz CT molecular complexity index is 286. The molecule has 3 nitrogen and oxygen atoms in total. The van der Waals surface area contributed by atoms with E-state index in [0.29, 0.717) is 6.61 Å². The van der Waals surface area contributed by atoms with Crippen LogP contribution in [0.4, 0.5) is 0 Å². The van der Waals surface area contributed by atoms with Crippen LogP contribution < -0.4 is 0 Å². The molecule has 0 radical (unpaired) electrons. The predicted octanol–water partition coefficient (Wildman–Crippen LogP) is 1.35. The van der Waals surface area contributed by atoms with Gasteiger partial charge >= 0.3 is 11.4 Å². The van der Waals surface area contributed by atoms with Crippen molar-refractivity contribution < 1.29 is 12.6 Å². The highest BCUT2D eigenvalue weighted by molar-refractivity contribution is 7.75. The van der Waals surface area contributed by atoms with E-state index in [1.165, 1.54) is 0 Å². The first-order valence-electron chi connectivity index (χ1n) is 3.63. The third-order valence-corrected chi connectivity index (χ3v) is 2.40. The molecular weight excluding hydrogens is 176 g/mol. The van der Waals surface area contributed by atoms with Gasteiger partial charge in [0.1, 0.15) is 6.10 Å². The summed E-state index contributed by atoms with van der Waals surface area (Å²) in [7, 11) is 0. The second-order valence-corrected chi connectivity index (χ2v) is 3.32. The van der Waals surface area contributed by atoms with E-state index >= 15 is 0 Å². The van der Waals surface area contributed by atoms with Gasteiger partial charge in [-0.25, -0.2) is 0 Å². The van der Waals surface area contributed by atoms with E-state index in [2.05, 4.69) is 0 Å². The van der Waals surface area contributed by atoms with E-state index < -0.39 is 11.4 Å². The highest BCUT2D eigenvalue weighted by atomic mass is 32.2. The molecule has 0 N–H and O–H groups in total. The van der Waals surface area contributed by atoms with Crippen LogP contribution in [-0.4, -0.2) is 10.8 Å². The normalized spacial score (nSPS) is 29.0. The maximum absolute atomic E-state index is 10.7. The fourth-order valence-corrected chi connectivity index (χ4v) is 1.73. The minimum absolute atomic E-state index is 0.174. The summed E-state index contributed by atoms with van der Waals surface area (Å²) in [6.45, 7) is 0.372. The van der Waals surface area contributed by atoms with E-state index in [9.17, 15) is 4.21 Å². The minimum atomic E-state index is -1.55. The number of rotatable bonds is 1. The first-order valence-corrected chi connectivity index (χ1v) is 4.63. The van der Waals surface area contributed by atoms with Crippen LogP contribution in [0, 0.1) is 0 Å². The van der Waals surface area contributed by atoms with Crippen LogP contribution >= 0.6 is 0 Å². The van der Waals surface area contributed by atoms with Gasteiger partial charge in [-0.15, -0.1) is 0 Å². The standard InChI is InChI=1S/C8H8O3S/c9-12-10-6-8(11-12)7-4-2-1-3-5-7/h1-5,8H,6H2/t8-,12+/m0/s1. The molecule has 1 fully saturated rings. The zero-order valence-corrected chi connectivity index (χ0v) is 7.12. The lowest BCUT2D eigenvalue weighted by Crippen LogP contribution is -1.98. The molecule has 1 aromatic carbocycles. The molecule has 0 amide bonds. The zero-order chi connectivity index (χ0) is 8.39. The van der Waals surface area contributed by atoms with Gasteiger partial charge in [-0.05, 0) is 5.56 Å². The Labute approximate surface area is 73.2 Å². The highest BCUT2D eigenvalue weighted by Gasteiger charge is 2.24. The summed E-state index contributed by atoms with van der Waals surface area (Å²) in [5.74, 6) is 0. The van der Waals surface area contributed by atoms with Crippen LogP contribution in [0.3, 0.4) is 0 Å². The van der Waals surface area contributed by atoms with Crippen molar-refractivity contribution >= 4 is 11.4 Å². The molecule has 0 spiro atoms. The van der Waals surface area contributed by atoms with Crippen LogP contribution in [0.5, 0.6) is 0 Å². The SMILES string of the molecule is O=[S@@]1OC[C@@H](c2ccccc2)O1. The van der Waals surface area contributed by atoms with E-state index in [4.69, 9.17) is 8.37 Å². The van der Waals surface area contributed by atoms with Gasteiger partial charge in [0.2, 0.25) is 0 Å². The molecule has 2 atom stereocenters. The molecular formula is C8H8O3S. The van der Waals surface area contributed by atoms with E-state index in [1.807, 2.05) is 30.3 Å². The summed E-state index contributed by atoms with van der Waals surface area (Å²) in [4.78, 5) is 0. The predicted molar refractivity (Wildman–Crippen MR) is 44.4 cm³/mol. The summed E-state index contributed by atoms with van der Waals surface area (Å²) < 4.78 is 20.5. The molecule has 2 rings (SSSR count). The molecule has 1 heterocycles. The lowest BCUT2D eigenvalue weighted by atomic mass is 10.1. The summed E-state index contributed by atoms with van der Waals surface area (Å²) in [5, 5.41) is 0. The van der Waals surface area contributed by atoms with Crippen molar-refractivity contribution in [2.75, 3.05) is 6.61 Å². The molecule has 1 saturated heterocycles. The van der Waals surface area contributed by atoms with Crippen LogP contribution in [-0.2, 0) is 19.7 Å². The summed E-state index contributed by atoms with van der Waals surface area (Å²) in [5.41, 5.74) is 1.00. The summed E-state index contributed by atoms with van der Waals surface area (Å²) >= 11 is -1.55. The van der Waals surface area contributed by atoms with Gasteiger partial charge in [0.05, 0.1) is 6.61 Å². The fourth-order valence-electron chi connectivity index (χ4n) is 1.09. The zero-order valence-electron chi connectivity index (χ0n) is 6.30. The van der Waals surface area contributed by atoms with E-state index in [0.717, 1.165) is 5.56 Å². The second-order valence-electron chi connectivity index (χ2n) is 2.48. The Morgan fingerprint density at radius 2 is 2.08 bits per heavy atom. The molecule has 0 bridgehead atoms. The Morgan fingerprint density at radius 3 is 2.67 bits per heavy atom. The molecule has 1 aliphatic rings. The maximum atomic E-state index is 10.7. The molecule has 4 heteroatoms. The monoisotopic (exact) mass is 184 g/mol. The smallest absolute Gasteiger partial charge is 0.265 e. The number of hydrogen-bond donors (Lipinski definition) is 0. The molecule has 0 unspecified atom stereocenters. The first kappa shape index (κ1) is 7.91. The van der Waals surface area contributed by atoms with Gasteiger partial charge in [0.25, 0.3) is 0 Å². The molecule has 0 saturated carbocycles. The topological polar surface area (TPSA) is 35.5 Å². The fraction of sp³-hybridized carbons (Fsp3) is 0.250. The van der Waals surface area contributed by atoms with Crippen LogP contribution in [0.25, 0.3) is 0 Å². The average Bonchev–Trinajstić information content (AvgIpc) is 2.54. The molecule has 64 valence electrons. The van der Waals surface area contributed by atoms with Gasteiger partial charge in [0.15, 0.2) is 0 Å². The van der Waals surface area contributed by atoms with E-state index in [1.54, 1.807) is 0 Å². The van der Waals surface area contributed by atoms with Crippen LogP contribution in [0.15, 0.2) is 30.3 Å². The third kappa shape index (κ3) is 1.55. The highest BCUT2D eigenvalue weighted by Crippen LogP contribution is 2.24. The van der Waals surface area contributed by atoms with E-state index in [-0.39, 0.29) is 6.10 Å². The minimum Gasteiger partial charge on any atom is -0.265 e. The van der Waals surface area contributed by atoms with Crippen molar-refractivity contribution in [3.8, 4) is 0 Å². The van der Waals surface area contributed by atoms with Crippen molar-refractivity contribution in [1.82, 2.24) is 0 Å². The largest absolute Gasteiger partial charge is 0.305 e. The summed E-state index contributed by atoms with van der Waals surface area (Å²) in [6, 6.07) is 9.61. The molecule has 1 aromatic rings. The van der Waals surface area contributed by atoms with Crippen LogP contribution in [0.2, 0.25) is 0 Å². The Morgan fingerprint density at radius 1 is 1.33 bits per heavy atom. The Kier molecular flexibility index (Phi) is 2.21. The van der Waals surface area contributed by atoms with Gasteiger partial charge in [-0.2, -0.15) is 4.21 Å². The van der Waals surface area contributed by atoms with Gasteiger partial charge in [-0.1, -0.05) is 30.3 Å². The lowest BCUT2D eigenvalue weighted by Gasteiger charge is -2.03. The molecule has 0 aromatic heterocycles. The first-order chi connectivity index (χ1) is 5.86. The third-order valence-electron chi connectivity index (χ3n) is 1.68. The number of benzene rings is 1. The maximum Gasteiger partial charge on any atom is 0.305 e.